The van der Waals surface area contributed by atoms with Crippen molar-refractivity contribution in [2.75, 3.05) is 13.1 Å². The summed E-state index contributed by atoms with van der Waals surface area (Å²) in [4.78, 5) is 14.4. The van der Waals surface area contributed by atoms with E-state index in [2.05, 4.69) is 33.8 Å². The van der Waals surface area contributed by atoms with Crippen LogP contribution >= 0.6 is 0 Å². The van der Waals surface area contributed by atoms with Gasteiger partial charge in [-0.15, -0.1) is 10.2 Å². The van der Waals surface area contributed by atoms with Crippen LogP contribution in [0.5, 0.6) is 0 Å². The van der Waals surface area contributed by atoms with Crippen molar-refractivity contribution >= 4 is 5.91 Å². The molecule has 1 atom stereocenters. The van der Waals surface area contributed by atoms with E-state index in [0.717, 1.165) is 44.6 Å². The van der Waals surface area contributed by atoms with Gasteiger partial charge in [-0.2, -0.15) is 0 Å². The quantitative estimate of drug-likeness (QED) is 0.824. The molecular weight excluding hydrogens is 288 g/mol. The lowest BCUT2D eigenvalue weighted by molar-refractivity contribution is -0.130. The van der Waals surface area contributed by atoms with Gasteiger partial charge in [-0.3, -0.25) is 4.79 Å². The van der Waals surface area contributed by atoms with Gasteiger partial charge < -0.3 is 9.47 Å². The number of carbonyl (C=O) groups is 1. The zero-order valence-corrected chi connectivity index (χ0v) is 13.7. The predicted molar refractivity (Wildman–Crippen MR) is 89.0 cm³/mol. The van der Waals surface area contributed by atoms with Gasteiger partial charge in [0.25, 0.3) is 0 Å². The van der Waals surface area contributed by atoms with E-state index in [0.29, 0.717) is 12.5 Å². The Hall–Kier alpha value is -2.17. The van der Waals surface area contributed by atoms with Crippen LogP contribution in [0.4, 0.5) is 0 Å². The van der Waals surface area contributed by atoms with E-state index >= 15 is 0 Å². The fourth-order valence-electron chi connectivity index (χ4n) is 3.27. The first-order valence-electron chi connectivity index (χ1n) is 8.48. The largest absolute Gasteiger partial charge is 0.341 e. The Morgan fingerprint density at radius 2 is 2.13 bits per heavy atom. The van der Waals surface area contributed by atoms with Gasteiger partial charge >= 0.3 is 0 Å². The summed E-state index contributed by atoms with van der Waals surface area (Å²) in [6.07, 6.45) is 6.18. The zero-order valence-electron chi connectivity index (χ0n) is 13.7. The molecule has 2 aromatic rings. The van der Waals surface area contributed by atoms with Gasteiger partial charge in [-0.05, 0) is 24.8 Å². The lowest BCUT2D eigenvalue weighted by Crippen LogP contribution is -2.29. The lowest BCUT2D eigenvalue weighted by atomic mass is 10.1. The number of likely N-dealkylation sites (tertiary alicyclic amines) is 1. The van der Waals surface area contributed by atoms with Gasteiger partial charge in [-0.25, -0.2) is 0 Å². The molecule has 122 valence electrons. The highest BCUT2D eigenvalue weighted by Crippen LogP contribution is 2.23. The second-order valence-corrected chi connectivity index (χ2v) is 6.13. The molecule has 1 aromatic carbocycles. The summed E-state index contributed by atoms with van der Waals surface area (Å²) in [6.45, 7) is 3.72. The molecule has 1 aliphatic heterocycles. The SMILES string of the molecule is CCc1nncn1C1CCN(C(=O)CCCc2ccccc2)C1. The molecule has 0 spiro atoms. The number of rotatable bonds is 6. The third-order valence-corrected chi connectivity index (χ3v) is 4.57. The van der Waals surface area contributed by atoms with Crippen molar-refractivity contribution in [3.05, 3.63) is 48.0 Å². The first kappa shape index (κ1) is 15.7. The minimum atomic E-state index is 0.273. The fourth-order valence-corrected chi connectivity index (χ4v) is 3.27. The highest BCUT2D eigenvalue weighted by atomic mass is 16.2. The minimum Gasteiger partial charge on any atom is -0.341 e. The third-order valence-electron chi connectivity index (χ3n) is 4.57. The second-order valence-electron chi connectivity index (χ2n) is 6.13. The van der Waals surface area contributed by atoms with Crippen molar-refractivity contribution < 1.29 is 4.79 Å². The molecule has 3 rings (SSSR count). The molecular formula is C18H24N4O. The Bertz CT molecular complexity index is 637. The van der Waals surface area contributed by atoms with E-state index in [1.807, 2.05) is 23.1 Å². The maximum atomic E-state index is 12.4. The number of aryl methyl sites for hydroxylation is 2. The van der Waals surface area contributed by atoms with Crippen molar-refractivity contribution in [3.63, 3.8) is 0 Å². The first-order chi connectivity index (χ1) is 11.3. The van der Waals surface area contributed by atoms with Crippen LogP contribution in [0.25, 0.3) is 0 Å². The van der Waals surface area contributed by atoms with Crippen LogP contribution in [0.2, 0.25) is 0 Å². The maximum absolute atomic E-state index is 12.4. The number of aromatic nitrogens is 3. The smallest absolute Gasteiger partial charge is 0.222 e. The summed E-state index contributed by atoms with van der Waals surface area (Å²) in [6, 6.07) is 10.7. The highest BCUT2D eigenvalue weighted by Gasteiger charge is 2.28. The molecule has 1 amide bonds. The number of nitrogens with zero attached hydrogens (tertiary/aromatic N) is 4. The van der Waals surface area contributed by atoms with Crippen LogP contribution in [-0.4, -0.2) is 38.7 Å². The van der Waals surface area contributed by atoms with Crippen LogP contribution in [0.1, 0.15) is 43.6 Å². The monoisotopic (exact) mass is 312 g/mol. The molecule has 1 aliphatic rings. The summed E-state index contributed by atoms with van der Waals surface area (Å²) in [5.41, 5.74) is 1.30. The Labute approximate surface area is 137 Å². The van der Waals surface area contributed by atoms with E-state index in [1.165, 1.54) is 5.56 Å². The number of carbonyl (C=O) groups excluding carboxylic acids is 1. The van der Waals surface area contributed by atoms with Crippen molar-refractivity contribution in [3.8, 4) is 0 Å². The normalized spacial score (nSPS) is 17.6. The Balaban J connectivity index is 1.48. The Morgan fingerprint density at radius 1 is 1.30 bits per heavy atom. The third kappa shape index (κ3) is 3.78. The number of hydrogen-bond donors (Lipinski definition) is 0. The number of benzene rings is 1. The maximum Gasteiger partial charge on any atom is 0.222 e. The van der Waals surface area contributed by atoms with Crippen molar-refractivity contribution in [2.45, 2.75) is 45.1 Å². The molecule has 0 N–H and O–H groups in total. The summed E-state index contributed by atoms with van der Waals surface area (Å²) >= 11 is 0. The molecule has 1 unspecified atom stereocenters. The van der Waals surface area contributed by atoms with Crippen LogP contribution < -0.4 is 0 Å². The summed E-state index contributed by atoms with van der Waals surface area (Å²) in [5, 5.41) is 8.14. The Morgan fingerprint density at radius 3 is 2.91 bits per heavy atom. The summed E-state index contributed by atoms with van der Waals surface area (Å²) in [7, 11) is 0. The number of hydrogen-bond acceptors (Lipinski definition) is 3. The van der Waals surface area contributed by atoms with Gasteiger partial charge in [0.15, 0.2) is 0 Å². The van der Waals surface area contributed by atoms with Gasteiger partial charge in [0.05, 0.1) is 6.04 Å². The number of amides is 1. The van der Waals surface area contributed by atoms with Crippen LogP contribution in [0.15, 0.2) is 36.7 Å². The molecule has 0 saturated carbocycles. The predicted octanol–water partition coefficient (Wildman–Crippen LogP) is 2.64. The van der Waals surface area contributed by atoms with E-state index in [4.69, 9.17) is 0 Å². The molecule has 0 bridgehead atoms. The molecule has 5 heteroatoms. The standard InChI is InChI=1S/C18H24N4O/c1-2-17-20-19-14-22(17)16-11-12-21(13-16)18(23)10-6-9-15-7-4-3-5-8-15/h3-5,7-8,14,16H,2,6,9-13H2,1H3. The van der Waals surface area contributed by atoms with Crippen molar-refractivity contribution in [2.24, 2.45) is 0 Å². The van der Waals surface area contributed by atoms with Crippen molar-refractivity contribution in [1.29, 1.82) is 0 Å². The summed E-state index contributed by atoms with van der Waals surface area (Å²) < 4.78 is 2.14. The minimum absolute atomic E-state index is 0.273. The highest BCUT2D eigenvalue weighted by molar-refractivity contribution is 5.76. The van der Waals surface area contributed by atoms with Gasteiger partial charge in [0.1, 0.15) is 12.2 Å². The van der Waals surface area contributed by atoms with Crippen molar-refractivity contribution in [1.82, 2.24) is 19.7 Å². The molecule has 0 aliphatic carbocycles. The average molecular weight is 312 g/mol. The van der Waals surface area contributed by atoms with Crippen LogP contribution in [0.3, 0.4) is 0 Å². The molecule has 1 aromatic heterocycles. The summed E-state index contributed by atoms with van der Waals surface area (Å²) in [5.74, 6) is 1.28. The molecule has 2 heterocycles. The van der Waals surface area contributed by atoms with E-state index in [9.17, 15) is 4.79 Å². The molecule has 5 nitrogen and oxygen atoms in total. The molecule has 23 heavy (non-hydrogen) atoms. The van der Waals surface area contributed by atoms with E-state index < -0.39 is 0 Å². The first-order valence-corrected chi connectivity index (χ1v) is 8.48. The van der Waals surface area contributed by atoms with E-state index in [-0.39, 0.29) is 5.91 Å². The molecule has 0 radical (unpaired) electrons. The van der Waals surface area contributed by atoms with Gasteiger partial charge in [0, 0.05) is 25.9 Å². The zero-order chi connectivity index (χ0) is 16.1. The Kier molecular flexibility index (Phi) is 5.05. The average Bonchev–Trinajstić information content (AvgIpc) is 3.24. The van der Waals surface area contributed by atoms with Crippen LogP contribution in [-0.2, 0) is 17.6 Å². The lowest BCUT2D eigenvalue weighted by Gasteiger charge is -2.17. The fraction of sp³-hybridized carbons (Fsp3) is 0.500. The van der Waals surface area contributed by atoms with Gasteiger partial charge in [-0.1, -0.05) is 37.3 Å². The van der Waals surface area contributed by atoms with Crippen LogP contribution in [0, 0.1) is 0 Å². The second kappa shape index (κ2) is 7.40. The topological polar surface area (TPSA) is 51.0 Å². The molecule has 1 fully saturated rings. The van der Waals surface area contributed by atoms with E-state index in [1.54, 1.807) is 6.33 Å². The molecule has 1 saturated heterocycles. The van der Waals surface area contributed by atoms with Gasteiger partial charge in [0.2, 0.25) is 5.91 Å².